The minimum absolute atomic E-state index is 0.525. The Hall–Kier alpha value is -1.40. The van der Waals surface area contributed by atoms with Crippen molar-refractivity contribution in [3.05, 3.63) is 11.4 Å². The summed E-state index contributed by atoms with van der Waals surface area (Å²) in [5.74, 6) is 8.78. The highest BCUT2D eigenvalue weighted by molar-refractivity contribution is 5.58. The Balaban J connectivity index is 2.13. The number of nitrogens with zero attached hydrogens (tertiary/aromatic N) is 4. The van der Waals surface area contributed by atoms with E-state index in [1.807, 2.05) is 6.92 Å². The van der Waals surface area contributed by atoms with Gasteiger partial charge in [0.25, 0.3) is 0 Å². The first-order valence-electron chi connectivity index (χ1n) is 7.24. The molecule has 0 unspecified atom stereocenters. The van der Waals surface area contributed by atoms with Crippen molar-refractivity contribution >= 4 is 11.6 Å². The molecule has 1 saturated carbocycles. The zero-order valence-electron chi connectivity index (χ0n) is 13.0. The molecule has 3 N–H and O–H groups in total. The van der Waals surface area contributed by atoms with Gasteiger partial charge in [-0.2, -0.15) is 0 Å². The summed E-state index contributed by atoms with van der Waals surface area (Å²) in [4.78, 5) is 13.7. The average molecular weight is 278 g/mol. The van der Waals surface area contributed by atoms with Crippen molar-refractivity contribution < 1.29 is 0 Å². The van der Waals surface area contributed by atoms with Gasteiger partial charge in [-0.1, -0.05) is 0 Å². The lowest BCUT2D eigenvalue weighted by Gasteiger charge is -2.23. The summed E-state index contributed by atoms with van der Waals surface area (Å²) in [5, 5.41) is 0. The lowest BCUT2D eigenvalue weighted by Crippen LogP contribution is -2.26. The summed E-state index contributed by atoms with van der Waals surface area (Å²) in [6.07, 6.45) is 3.49. The van der Waals surface area contributed by atoms with Gasteiger partial charge in [-0.15, -0.1) is 0 Å². The molecule has 0 amide bonds. The number of rotatable bonds is 7. The molecule has 6 nitrogen and oxygen atoms in total. The van der Waals surface area contributed by atoms with Crippen molar-refractivity contribution in [2.24, 2.45) is 5.84 Å². The summed E-state index contributed by atoms with van der Waals surface area (Å²) in [6, 6.07) is 0. The van der Waals surface area contributed by atoms with Crippen LogP contribution in [0.3, 0.4) is 0 Å². The first-order chi connectivity index (χ1) is 9.52. The van der Waals surface area contributed by atoms with Crippen LogP contribution in [-0.4, -0.2) is 49.1 Å². The standard InChI is InChI=1S/C14H26N6/c1-10-12(18-15)16-13(11-6-7-11)17-14(10)20(4)9-5-8-19(2)3/h11H,5-9,15H2,1-4H3,(H,16,17,18). The quantitative estimate of drug-likeness (QED) is 0.579. The van der Waals surface area contributed by atoms with Crippen molar-refractivity contribution in [2.75, 3.05) is 44.6 Å². The molecule has 0 saturated heterocycles. The van der Waals surface area contributed by atoms with Gasteiger partial charge in [-0.25, -0.2) is 15.8 Å². The van der Waals surface area contributed by atoms with E-state index in [4.69, 9.17) is 10.8 Å². The normalized spacial score (nSPS) is 14.7. The Morgan fingerprint density at radius 3 is 2.45 bits per heavy atom. The molecule has 0 radical (unpaired) electrons. The van der Waals surface area contributed by atoms with Gasteiger partial charge >= 0.3 is 0 Å². The maximum absolute atomic E-state index is 5.58. The van der Waals surface area contributed by atoms with Crippen LogP contribution in [0.1, 0.15) is 36.6 Å². The molecule has 0 bridgehead atoms. The minimum atomic E-state index is 0.525. The van der Waals surface area contributed by atoms with Gasteiger partial charge in [0.2, 0.25) is 0 Å². The molecular weight excluding hydrogens is 252 g/mol. The number of nitrogens with two attached hydrogens (primary N) is 1. The van der Waals surface area contributed by atoms with Crippen LogP contribution in [0.25, 0.3) is 0 Å². The zero-order chi connectivity index (χ0) is 14.7. The van der Waals surface area contributed by atoms with Crippen LogP contribution in [0.15, 0.2) is 0 Å². The van der Waals surface area contributed by atoms with Crippen LogP contribution < -0.4 is 16.2 Å². The van der Waals surface area contributed by atoms with E-state index >= 15 is 0 Å². The van der Waals surface area contributed by atoms with Crippen molar-refractivity contribution in [1.29, 1.82) is 0 Å². The predicted octanol–water partition coefficient (Wildman–Crippen LogP) is 1.34. The second-order valence-corrected chi connectivity index (χ2v) is 5.88. The molecular formula is C14H26N6. The van der Waals surface area contributed by atoms with Crippen LogP contribution >= 0.6 is 0 Å². The molecule has 2 rings (SSSR count). The first-order valence-corrected chi connectivity index (χ1v) is 7.24. The van der Waals surface area contributed by atoms with Crippen LogP contribution in [0.2, 0.25) is 0 Å². The third kappa shape index (κ3) is 3.58. The highest BCUT2D eigenvalue weighted by Gasteiger charge is 2.28. The Morgan fingerprint density at radius 1 is 1.20 bits per heavy atom. The van der Waals surface area contributed by atoms with E-state index in [0.29, 0.717) is 5.92 Å². The maximum atomic E-state index is 5.58. The molecule has 0 atom stereocenters. The van der Waals surface area contributed by atoms with Gasteiger partial charge < -0.3 is 15.2 Å². The second kappa shape index (κ2) is 6.37. The minimum Gasteiger partial charge on any atom is -0.359 e. The van der Waals surface area contributed by atoms with Crippen molar-refractivity contribution in [2.45, 2.75) is 32.1 Å². The summed E-state index contributed by atoms with van der Waals surface area (Å²) in [5.41, 5.74) is 3.72. The largest absolute Gasteiger partial charge is 0.359 e. The van der Waals surface area contributed by atoms with Crippen LogP contribution in [0, 0.1) is 6.92 Å². The molecule has 20 heavy (non-hydrogen) atoms. The summed E-state index contributed by atoms with van der Waals surface area (Å²) in [7, 11) is 6.27. The molecule has 1 aromatic heterocycles. The number of nitrogens with one attached hydrogen (secondary N) is 1. The molecule has 1 aromatic rings. The number of nitrogen functional groups attached to an aromatic ring is 1. The Morgan fingerprint density at radius 2 is 1.90 bits per heavy atom. The lowest BCUT2D eigenvalue weighted by molar-refractivity contribution is 0.401. The van der Waals surface area contributed by atoms with E-state index in [1.54, 1.807) is 0 Å². The highest BCUT2D eigenvalue weighted by Crippen LogP contribution is 2.39. The number of hydrogen-bond donors (Lipinski definition) is 2. The molecule has 1 aliphatic rings. The van der Waals surface area contributed by atoms with Crippen molar-refractivity contribution in [3.63, 3.8) is 0 Å². The first kappa shape index (κ1) is 15.0. The maximum Gasteiger partial charge on any atom is 0.148 e. The smallest absolute Gasteiger partial charge is 0.148 e. The Kier molecular flexibility index (Phi) is 4.77. The fourth-order valence-electron chi connectivity index (χ4n) is 2.29. The number of hydrogen-bond acceptors (Lipinski definition) is 6. The number of anilines is 2. The van der Waals surface area contributed by atoms with E-state index < -0.39 is 0 Å². The summed E-state index contributed by atoms with van der Waals surface area (Å²) < 4.78 is 0. The molecule has 1 heterocycles. The van der Waals surface area contributed by atoms with Crippen LogP contribution in [0.4, 0.5) is 11.6 Å². The molecule has 1 fully saturated rings. The molecule has 6 heteroatoms. The summed E-state index contributed by atoms with van der Waals surface area (Å²) >= 11 is 0. The van der Waals surface area contributed by atoms with Gasteiger partial charge in [0.15, 0.2) is 0 Å². The van der Waals surface area contributed by atoms with E-state index in [1.165, 1.54) is 12.8 Å². The summed E-state index contributed by atoms with van der Waals surface area (Å²) in [6.45, 7) is 4.07. The van der Waals surface area contributed by atoms with Crippen molar-refractivity contribution in [1.82, 2.24) is 14.9 Å². The van der Waals surface area contributed by atoms with Crippen LogP contribution in [-0.2, 0) is 0 Å². The SMILES string of the molecule is Cc1c(NN)nc(C2CC2)nc1N(C)CCCN(C)C. The third-order valence-electron chi connectivity index (χ3n) is 3.68. The fraction of sp³-hybridized carbons (Fsp3) is 0.714. The second-order valence-electron chi connectivity index (χ2n) is 5.88. The average Bonchev–Trinajstić information content (AvgIpc) is 3.22. The molecule has 1 aliphatic carbocycles. The van der Waals surface area contributed by atoms with Gasteiger partial charge in [-0.05, 0) is 46.8 Å². The van der Waals surface area contributed by atoms with Gasteiger partial charge in [0.1, 0.15) is 17.5 Å². The molecule has 0 aliphatic heterocycles. The van der Waals surface area contributed by atoms with Gasteiger partial charge in [0, 0.05) is 25.1 Å². The Labute approximate surface area is 121 Å². The monoisotopic (exact) mass is 278 g/mol. The lowest BCUT2D eigenvalue weighted by atomic mass is 10.2. The number of hydrazine groups is 1. The van der Waals surface area contributed by atoms with E-state index in [9.17, 15) is 0 Å². The van der Waals surface area contributed by atoms with E-state index in [2.05, 4.69) is 41.4 Å². The zero-order valence-corrected chi connectivity index (χ0v) is 13.0. The van der Waals surface area contributed by atoms with Crippen LogP contribution in [0.5, 0.6) is 0 Å². The van der Waals surface area contributed by atoms with Gasteiger partial charge in [0.05, 0.1) is 0 Å². The fourth-order valence-corrected chi connectivity index (χ4v) is 2.29. The molecule has 0 aromatic carbocycles. The third-order valence-corrected chi connectivity index (χ3v) is 3.68. The predicted molar refractivity (Wildman–Crippen MR) is 83.0 cm³/mol. The number of aromatic nitrogens is 2. The molecule has 0 spiro atoms. The van der Waals surface area contributed by atoms with E-state index in [0.717, 1.165) is 42.5 Å². The molecule has 112 valence electrons. The van der Waals surface area contributed by atoms with Crippen molar-refractivity contribution in [3.8, 4) is 0 Å². The Bertz CT molecular complexity index is 455. The highest BCUT2D eigenvalue weighted by atomic mass is 15.3. The topological polar surface area (TPSA) is 70.3 Å². The van der Waals surface area contributed by atoms with Gasteiger partial charge in [-0.3, -0.25) is 0 Å². The van der Waals surface area contributed by atoms with E-state index in [-0.39, 0.29) is 0 Å².